The number of amides is 1. The number of halogens is 1. The highest BCUT2D eigenvalue weighted by Crippen LogP contribution is 2.34. The molecule has 1 aliphatic heterocycles. The van der Waals surface area contributed by atoms with Crippen molar-refractivity contribution in [3.8, 4) is 5.75 Å². The van der Waals surface area contributed by atoms with Crippen molar-refractivity contribution in [2.24, 2.45) is 0 Å². The first-order valence-corrected chi connectivity index (χ1v) is 10.2. The fourth-order valence-electron chi connectivity index (χ4n) is 4.22. The van der Waals surface area contributed by atoms with Crippen molar-refractivity contribution >= 4 is 5.91 Å². The van der Waals surface area contributed by atoms with Gasteiger partial charge in [-0.2, -0.15) is 0 Å². The Morgan fingerprint density at radius 1 is 1.22 bits per heavy atom. The van der Waals surface area contributed by atoms with E-state index in [1.165, 1.54) is 31.4 Å². The summed E-state index contributed by atoms with van der Waals surface area (Å²) in [5.41, 5.74) is 0.0336. The Hall–Kier alpha value is -1.66. The third kappa shape index (κ3) is 5.20. The largest absolute Gasteiger partial charge is 0.481 e. The SMILES string of the molecule is CC[C@@H](Oc1ccc(F)cc1)C(=O)NCC1(N2CCOCC2)CCCCC1. The molecule has 1 aromatic carbocycles. The Morgan fingerprint density at radius 3 is 2.52 bits per heavy atom. The molecule has 150 valence electrons. The van der Waals surface area contributed by atoms with Crippen LogP contribution in [-0.4, -0.2) is 55.3 Å². The highest BCUT2D eigenvalue weighted by atomic mass is 19.1. The molecule has 2 fully saturated rings. The third-order valence-electron chi connectivity index (χ3n) is 5.81. The molecule has 6 heteroatoms. The Kier molecular flexibility index (Phi) is 7.07. The van der Waals surface area contributed by atoms with Gasteiger partial charge in [0, 0.05) is 25.2 Å². The molecule has 1 amide bonds. The molecule has 1 N–H and O–H groups in total. The van der Waals surface area contributed by atoms with Gasteiger partial charge in [-0.25, -0.2) is 4.39 Å². The fraction of sp³-hybridized carbons (Fsp3) is 0.667. The van der Waals surface area contributed by atoms with Crippen LogP contribution in [-0.2, 0) is 9.53 Å². The number of nitrogens with zero attached hydrogens (tertiary/aromatic N) is 1. The first-order valence-electron chi connectivity index (χ1n) is 10.2. The van der Waals surface area contributed by atoms with E-state index in [1.807, 2.05) is 6.92 Å². The molecule has 0 spiro atoms. The van der Waals surface area contributed by atoms with E-state index in [4.69, 9.17) is 9.47 Å². The molecule has 0 radical (unpaired) electrons. The van der Waals surface area contributed by atoms with Gasteiger partial charge in [-0.1, -0.05) is 26.2 Å². The van der Waals surface area contributed by atoms with E-state index < -0.39 is 6.10 Å². The summed E-state index contributed by atoms with van der Waals surface area (Å²) in [5.74, 6) is 0.101. The van der Waals surface area contributed by atoms with E-state index in [9.17, 15) is 9.18 Å². The smallest absolute Gasteiger partial charge is 0.261 e. The topological polar surface area (TPSA) is 50.8 Å². The molecular formula is C21H31FN2O3. The Morgan fingerprint density at radius 2 is 1.89 bits per heavy atom. The van der Waals surface area contributed by atoms with Gasteiger partial charge in [-0.3, -0.25) is 9.69 Å². The number of rotatable bonds is 7. The van der Waals surface area contributed by atoms with E-state index in [1.54, 1.807) is 12.1 Å². The zero-order valence-electron chi connectivity index (χ0n) is 16.2. The van der Waals surface area contributed by atoms with E-state index >= 15 is 0 Å². The van der Waals surface area contributed by atoms with Crippen LogP contribution in [0.4, 0.5) is 4.39 Å². The number of benzene rings is 1. The van der Waals surface area contributed by atoms with Crippen LogP contribution in [0.3, 0.4) is 0 Å². The van der Waals surface area contributed by atoms with Crippen LogP contribution in [0.1, 0.15) is 45.4 Å². The minimum Gasteiger partial charge on any atom is -0.481 e. The second kappa shape index (κ2) is 9.51. The number of hydrogen-bond acceptors (Lipinski definition) is 4. The average molecular weight is 378 g/mol. The van der Waals surface area contributed by atoms with Crippen LogP contribution in [0.15, 0.2) is 24.3 Å². The van der Waals surface area contributed by atoms with Crippen molar-refractivity contribution in [2.45, 2.75) is 57.1 Å². The van der Waals surface area contributed by atoms with Crippen molar-refractivity contribution in [1.82, 2.24) is 10.2 Å². The summed E-state index contributed by atoms with van der Waals surface area (Å²) in [6.45, 7) is 5.96. The average Bonchev–Trinajstić information content (AvgIpc) is 2.73. The van der Waals surface area contributed by atoms with Gasteiger partial charge in [-0.15, -0.1) is 0 Å². The Labute approximate surface area is 161 Å². The van der Waals surface area contributed by atoms with Gasteiger partial charge >= 0.3 is 0 Å². The molecule has 27 heavy (non-hydrogen) atoms. The molecule has 1 atom stereocenters. The first-order chi connectivity index (χ1) is 13.1. The van der Waals surface area contributed by atoms with Crippen LogP contribution in [0.2, 0.25) is 0 Å². The maximum absolute atomic E-state index is 13.1. The molecule has 1 aromatic rings. The molecule has 0 aromatic heterocycles. The maximum atomic E-state index is 13.1. The van der Waals surface area contributed by atoms with Crippen molar-refractivity contribution < 1.29 is 18.7 Å². The molecule has 5 nitrogen and oxygen atoms in total. The summed E-state index contributed by atoms with van der Waals surface area (Å²) in [4.78, 5) is 15.3. The number of nitrogens with one attached hydrogen (secondary N) is 1. The number of ether oxygens (including phenoxy) is 2. The number of carbonyl (C=O) groups excluding carboxylic acids is 1. The summed E-state index contributed by atoms with van der Waals surface area (Å²) in [7, 11) is 0. The summed E-state index contributed by atoms with van der Waals surface area (Å²) >= 11 is 0. The first kappa shape index (κ1) is 20.1. The van der Waals surface area contributed by atoms with Gasteiger partial charge in [0.2, 0.25) is 0 Å². The van der Waals surface area contributed by atoms with Gasteiger partial charge in [0.15, 0.2) is 6.10 Å². The highest BCUT2D eigenvalue weighted by molar-refractivity contribution is 5.81. The second-order valence-corrected chi connectivity index (χ2v) is 7.57. The summed E-state index contributed by atoms with van der Waals surface area (Å²) < 4.78 is 24.4. The predicted molar refractivity (Wildman–Crippen MR) is 102 cm³/mol. The van der Waals surface area contributed by atoms with Crippen LogP contribution in [0, 0.1) is 5.82 Å². The van der Waals surface area contributed by atoms with Crippen molar-refractivity contribution in [3.05, 3.63) is 30.1 Å². The normalized spacial score (nSPS) is 21.4. The van der Waals surface area contributed by atoms with E-state index in [0.717, 1.165) is 39.1 Å². The Bertz CT molecular complexity index is 596. The summed E-state index contributed by atoms with van der Waals surface area (Å²) in [6.07, 6.45) is 5.90. The molecular weight excluding hydrogens is 347 g/mol. The lowest BCUT2D eigenvalue weighted by molar-refractivity contribution is -0.129. The lowest BCUT2D eigenvalue weighted by Gasteiger charge is -2.48. The molecule has 2 aliphatic rings. The number of carbonyl (C=O) groups is 1. The Balaban J connectivity index is 1.60. The zero-order valence-corrected chi connectivity index (χ0v) is 16.2. The molecule has 1 aliphatic carbocycles. The fourth-order valence-corrected chi connectivity index (χ4v) is 4.22. The molecule has 1 saturated carbocycles. The molecule has 0 unspecified atom stereocenters. The third-order valence-corrected chi connectivity index (χ3v) is 5.81. The second-order valence-electron chi connectivity index (χ2n) is 7.57. The maximum Gasteiger partial charge on any atom is 0.261 e. The van der Waals surface area contributed by atoms with E-state index in [0.29, 0.717) is 18.7 Å². The summed E-state index contributed by atoms with van der Waals surface area (Å²) in [6, 6.07) is 5.80. The van der Waals surface area contributed by atoms with Gasteiger partial charge in [0.25, 0.3) is 5.91 Å². The minimum atomic E-state index is -0.569. The lowest BCUT2D eigenvalue weighted by atomic mass is 9.79. The quantitative estimate of drug-likeness (QED) is 0.792. The number of morpholine rings is 1. The van der Waals surface area contributed by atoms with Crippen molar-refractivity contribution in [2.75, 3.05) is 32.8 Å². The zero-order chi connectivity index (χ0) is 19.1. The number of hydrogen-bond donors (Lipinski definition) is 1. The van der Waals surface area contributed by atoms with Crippen molar-refractivity contribution in [3.63, 3.8) is 0 Å². The van der Waals surface area contributed by atoms with E-state index in [2.05, 4.69) is 10.2 Å². The minimum absolute atomic E-state index is 0.0336. The van der Waals surface area contributed by atoms with Crippen LogP contribution >= 0.6 is 0 Å². The predicted octanol–water partition coefficient (Wildman–Crippen LogP) is 3.13. The van der Waals surface area contributed by atoms with E-state index in [-0.39, 0.29) is 17.3 Å². The highest BCUT2D eigenvalue weighted by Gasteiger charge is 2.39. The van der Waals surface area contributed by atoms with Crippen molar-refractivity contribution in [1.29, 1.82) is 0 Å². The molecule has 1 saturated heterocycles. The monoisotopic (exact) mass is 378 g/mol. The molecule has 3 rings (SSSR count). The van der Waals surface area contributed by atoms with Crippen LogP contribution < -0.4 is 10.1 Å². The van der Waals surface area contributed by atoms with Gasteiger partial charge < -0.3 is 14.8 Å². The standard InChI is InChI=1S/C21H31FN2O3/c1-2-19(27-18-8-6-17(22)7-9-18)20(25)23-16-21(10-4-3-5-11-21)24-12-14-26-15-13-24/h6-9,19H,2-5,10-16H2,1H3,(H,23,25)/t19-/m1/s1. The molecule has 0 bridgehead atoms. The van der Waals surface area contributed by atoms with Crippen LogP contribution in [0.25, 0.3) is 0 Å². The summed E-state index contributed by atoms with van der Waals surface area (Å²) in [5, 5.41) is 3.15. The van der Waals surface area contributed by atoms with Crippen LogP contribution in [0.5, 0.6) is 5.75 Å². The van der Waals surface area contributed by atoms with Gasteiger partial charge in [-0.05, 0) is 43.5 Å². The molecule has 1 heterocycles. The van der Waals surface area contributed by atoms with Gasteiger partial charge in [0.1, 0.15) is 11.6 Å². The lowest BCUT2D eigenvalue weighted by Crippen LogP contribution is -2.60. The van der Waals surface area contributed by atoms with Gasteiger partial charge in [0.05, 0.1) is 13.2 Å².